The Morgan fingerprint density at radius 3 is 2.47 bits per heavy atom. The van der Waals surface area contributed by atoms with Gasteiger partial charge in [-0.15, -0.1) is 0 Å². The molecular formula is C10H20N2O3. The van der Waals surface area contributed by atoms with Gasteiger partial charge in [0.25, 0.3) is 5.91 Å². The normalized spacial score (nSPS) is 20.3. The molecule has 1 saturated heterocycles. The lowest BCUT2D eigenvalue weighted by atomic mass is 10.2. The van der Waals surface area contributed by atoms with E-state index >= 15 is 0 Å². The van der Waals surface area contributed by atoms with E-state index in [1.807, 2.05) is 0 Å². The van der Waals surface area contributed by atoms with E-state index in [4.69, 9.17) is 9.84 Å². The Kier molecular flexibility index (Phi) is 5.01. The maximum absolute atomic E-state index is 11.5. The molecule has 1 amide bonds. The molecule has 1 N–H and O–H groups in total. The molecule has 1 fully saturated rings. The van der Waals surface area contributed by atoms with Gasteiger partial charge in [0.2, 0.25) is 0 Å². The summed E-state index contributed by atoms with van der Waals surface area (Å²) in [5.74, 6) is -0.165. The molecule has 0 bridgehead atoms. The number of piperazine rings is 1. The minimum Gasteiger partial charge on any atom is -0.384 e. The van der Waals surface area contributed by atoms with Gasteiger partial charge in [-0.25, -0.2) is 0 Å². The first-order valence-electron chi connectivity index (χ1n) is 5.33. The molecule has 0 aliphatic carbocycles. The van der Waals surface area contributed by atoms with Gasteiger partial charge in [0, 0.05) is 39.8 Å². The van der Waals surface area contributed by atoms with Crippen LogP contribution in [0.2, 0.25) is 0 Å². The molecule has 0 aromatic heterocycles. The van der Waals surface area contributed by atoms with Gasteiger partial charge in [-0.2, -0.15) is 0 Å². The molecule has 1 rings (SSSR count). The fourth-order valence-electron chi connectivity index (χ4n) is 1.68. The topological polar surface area (TPSA) is 53.0 Å². The highest BCUT2D eigenvalue weighted by Gasteiger charge is 2.23. The summed E-state index contributed by atoms with van der Waals surface area (Å²) in [6.07, 6.45) is -0.879. The number of amides is 1. The molecule has 0 aromatic rings. The number of carbonyl (C=O) groups excluding carboxylic acids is 1. The highest BCUT2D eigenvalue weighted by atomic mass is 16.5. The minimum atomic E-state index is -0.879. The van der Waals surface area contributed by atoms with Crippen molar-refractivity contribution in [3.05, 3.63) is 0 Å². The van der Waals surface area contributed by atoms with Crippen molar-refractivity contribution in [2.24, 2.45) is 0 Å². The molecule has 5 nitrogen and oxygen atoms in total. The molecule has 88 valence electrons. The Hall–Kier alpha value is -0.650. The zero-order valence-corrected chi connectivity index (χ0v) is 9.48. The van der Waals surface area contributed by atoms with Crippen LogP contribution in [0.1, 0.15) is 6.92 Å². The Morgan fingerprint density at radius 2 is 2.00 bits per heavy atom. The molecule has 1 heterocycles. The van der Waals surface area contributed by atoms with Gasteiger partial charge in [0.05, 0.1) is 6.61 Å². The SMILES string of the molecule is COCCN1CCN(C(=O)C(C)O)CC1. The molecule has 5 heteroatoms. The summed E-state index contributed by atoms with van der Waals surface area (Å²) < 4.78 is 4.99. The third-order valence-electron chi connectivity index (χ3n) is 2.65. The standard InChI is InChI=1S/C10H20N2O3/c1-9(13)10(14)12-5-3-11(4-6-12)7-8-15-2/h9,13H,3-8H2,1-2H3. The van der Waals surface area contributed by atoms with Crippen molar-refractivity contribution >= 4 is 5.91 Å². The van der Waals surface area contributed by atoms with Crippen molar-refractivity contribution in [2.75, 3.05) is 46.4 Å². The molecule has 0 radical (unpaired) electrons. The van der Waals surface area contributed by atoms with Crippen LogP contribution < -0.4 is 0 Å². The van der Waals surface area contributed by atoms with E-state index in [1.165, 1.54) is 6.92 Å². The second kappa shape index (κ2) is 6.05. The van der Waals surface area contributed by atoms with Crippen molar-refractivity contribution in [3.63, 3.8) is 0 Å². The van der Waals surface area contributed by atoms with E-state index in [9.17, 15) is 4.79 Å². The quantitative estimate of drug-likeness (QED) is 0.665. The highest BCUT2D eigenvalue weighted by Crippen LogP contribution is 2.03. The number of methoxy groups -OCH3 is 1. The van der Waals surface area contributed by atoms with Crippen molar-refractivity contribution in [1.82, 2.24) is 9.80 Å². The van der Waals surface area contributed by atoms with Crippen LogP contribution in [0.4, 0.5) is 0 Å². The lowest BCUT2D eigenvalue weighted by Gasteiger charge is -2.35. The number of rotatable bonds is 4. The monoisotopic (exact) mass is 216 g/mol. The number of aliphatic hydroxyl groups excluding tert-OH is 1. The van der Waals surface area contributed by atoms with Crippen molar-refractivity contribution in [3.8, 4) is 0 Å². The van der Waals surface area contributed by atoms with Gasteiger partial charge in [0.1, 0.15) is 6.10 Å². The largest absolute Gasteiger partial charge is 0.384 e. The Labute approximate surface area is 90.6 Å². The fraction of sp³-hybridized carbons (Fsp3) is 0.900. The first kappa shape index (κ1) is 12.4. The van der Waals surface area contributed by atoms with Crippen LogP contribution >= 0.6 is 0 Å². The maximum Gasteiger partial charge on any atom is 0.251 e. The highest BCUT2D eigenvalue weighted by molar-refractivity contribution is 5.80. The summed E-state index contributed by atoms with van der Waals surface area (Å²) in [4.78, 5) is 15.4. The number of carbonyl (C=O) groups is 1. The molecular weight excluding hydrogens is 196 g/mol. The van der Waals surface area contributed by atoms with Crippen molar-refractivity contribution in [1.29, 1.82) is 0 Å². The van der Waals surface area contributed by atoms with Crippen molar-refractivity contribution < 1.29 is 14.6 Å². The minimum absolute atomic E-state index is 0.165. The predicted molar refractivity (Wildman–Crippen MR) is 56.6 cm³/mol. The number of aliphatic hydroxyl groups is 1. The predicted octanol–water partition coefficient (Wildman–Crippen LogP) is -0.842. The average molecular weight is 216 g/mol. The Morgan fingerprint density at radius 1 is 1.40 bits per heavy atom. The number of nitrogens with zero attached hydrogens (tertiary/aromatic N) is 2. The van der Waals surface area contributed by atoms with Crippen LogP contribution in [0.15, 0.2) is 0 Å². The van der Waals surface area contributed by atoms with E-state index in [0.717, 1.165) is 26.2 Å². The maximum atomic E-state index is 11.5. The summed E-state index contributed by atoms with van der Waals surface area (Å²) in [5, 5.41) is 9.16. The molecule has 0 aromatic carbocycles. The zero-order valence-electron chi connectivity index (χ0n) is 9.48. The smallest absolute Gasteiger partial charge is 0.251 e. The van der Waals surface area contributed by atoms with Crippen LogP contribution in [0.3, 0.4) is 0 Å². The van der Waals surface area contributed by atoms with E-state index in [-0.39, 0.29) is 5.91 Å². The van der Waals surface area contributed by atoms with Crippen LogP contribution in [0.5, 0.6) is 0 Å². The Balaban J connectivity index is 2.26. The number of hydrogen-bond acceptors (Lipinski definition) is 4. The Bertz CT molecular complexity index is 201. The van der Waals surface area contributed by atoms with Gasteiger partial charge >= 0.3 is 0 Å². The molecule has 0 spiro atoms. The summed E-state index contributed by atoms with van der Waals surface area (Å²) >= 11 is 0. The van der Waals surface area contributed by atoms with E-state index < -0.39 is 6.10 Å². The lowest BCUT2D eigenvalue weighted by molar-refractivity contribution is -0.141. The van der Waals surface area contributed by atoms with E-state index in [2.05, 4.69) is 4.90 Å². The average Bonchev–Trinajstić information content (AvgIpc) is 2.26. The summed E-state index contributed by atoms with van der Waals surface area (Å²) in [5.41, 5.74) is 0. The van der Waals surface area contributed by atoms with Crippen LogP contribution in [-0.4, -0.2) is 73.4 Å². The lowest BCUT2D eigenvalue weighted by Crippen LogP contribution is -2.51. The van der Waals surface area contributed by atoms with Gasteiger partial charge in [-0.3, -0.25) is 9.69 Å². The van der Waals surface area contributed by atoms with Crippen LogP contribution in [-0.2, 0) is 9.53 Å². The zero-order chi connectivity index (χ0) is 11.3. The van der Waals surface area contributed by atoms with Crippen LogP contribution in [0, 0.1) is 0 Å². The summed E-state index contributed by atoms with van der Waals surface area (Å²) in [6.45, 7) is 6.28. The van der Waals surface area contributed by atoms with Crippen molar-refractivity contribution in [2.45, 2.75) is 13.0 Å². The van der Waals surface area contributed by atoms with E-state index in [1.54, 1.807) is 12.0 Å². The first-order chi connectivity index (χ1) is 7.15. The third-order valence-corrected chi connectivity index (χ3v) is 2.65. The van der Waals surface area contributed by atoms with Crippen LogP contribution in [0.25, 0.3) is 0 Å². The molecule has 1 unspecified atom stereocenters. The van der Waals surface area contributed by atoms with Gasteiger partial charge in [-0.05, 0) is 6.92 Å². The molecule has 1 aliphatic rings. The number of ether oxygens (including phenoxy) is 1. The molecule has 15 heavy (non-hydrogen) atoms. The van der Waals surface area contributed by atoms with Gasteiger partial charge in [0.15, 0.2) is 0 Å². The summed E-state index contributed by atoms with van der Waals surface area (Å²) in [7, 11) is 1.69. The molecule has 1 atom stereocenters. The van der Waals surface area contributed by atoms with Gasteiger partial charge in [-0.1, -0.05) is 0 Å². The van der Waals surface area contributed by atoms with E-state index in [0.29, 0.717) is 13.1 Å². The second-order valence-electron chi connectivity index (χ2n) is 3.84. The van der Waals surface area contributed by atoms with Gasteiger partial charge < -0.3 is 14.7 Å². The first-order valence-corrected chi connectivity index (χ1v) is 5.33. The second-order valence-corrected chi connectivity index (χ2v) is 3.84. The number of hydrogen-bond donors (Lipinski definition) is 1. The molecule has 0 saturated carbocycles. The fourth-order valence-corrected chi connectivity index (χ4v) is 1.68. The molecule has 1 aliphatic heterocycles. The summed E-state index contributed by atoms with van der Waals surface area (Å²) in [6, 6.07) is 0. The third kappa shape index (κ3) is 3.77.